The van der Waals surface area contributed by atoms with Gasteiger partial charge in [-0.05, 0) is 50.6 Å². The Bertz CT molecular complexity index is 1130. The maximum absolute atomic E-state index is 12.8. The molecule has 0 aliphatic carbocycles. The number of aromatic nitrogens is 3. The van der Waals surface area contributed by atoms with Crippen LogP contribution in [-0.2, 0) is 6.18 Å². The van der Waals surface area contributed by atoms with Crippen LogP contribution in [0.1, 0.15) is 25.8 Å². The van der Waals surface area contributed by atoms with Gasteiger partial charge in [-0.15, -0.1) is 0 Å². The molecule has 3 aromatic rings. The van der Waals surface area contributed by atoms with Crippen molar-refractivity contribution in [3.8, 4) is 0 Å². The highest BCUT2D eigenvalue weighted by Gasteiger charge is 2.30. The molecule has 1 aliphatic heterocycles. The third kappa shape index (κ3) is 4.63. The van der Waals surface area contributed by atoms with E-state index >= 15 is 0 Å². The SMILES string of the molecule is CC(C)N1CC[C@@H](Nc2nc(Nc3ccc(C(F)(F)F)cc3)c3c(=O)[nH]ccc3n2)C1. The Labute approximate surface area is 176 Å². The van der Waals surface area contributed by atoms with E-state index in [1.807, 2.05) is 0 Å². The number of nitrogens with one attached hydrogen (secondary N) is 3. The highest BCUT2D eigenvalue weighted by atomic mass is 19.4. The fraction of sp³-hybridized carbons (Fsp3) is 0.381. The second kappa shape index (κ2) is 8.18. The Hall–Kier alpha value is -3.14. The topological polar surface area (TPSA) is 85.9 Å². The minimum absolute atomic E-state index is 0.167. The molecular weight excluding hydrogens is 409 g/mol. The number of hydrogen-bond donors (Lipinski definition) is 3. The second-order valence-corrected chi connectivity index (χ2v) is 7.88. The number of benzene rings is 1. The van der Waals surface area contributed by atoms with Gasteiger partial charge < -0.3 is 15.6 Å². The van der Waals surface area contributed by atoms with E-state index in [1.165, 1.54) is 18.3 Å². The van der Waals surface area contributed by atoms with Crippen molar-refractivity contribution in [2.24, 2.45) is 0 Å². The fourth-order valence-electron chi connectivity index (χ4n) is 3.68. The van der Waals surface area contributed by atoms with Crippen LogP contribution in [0.5, 0.6) is 0 Å². The molecule has 0 radical (unpaired) electrons. The van der Waals surface area contributed by atoms with Crippen LogP contribution >= 0.6 is 0 Å². The number of hydrogen-bond acceptors (Lipinski definition) is 6. The predicted octanol–water partition coefficient (Wildman–Crippen LogP) is 3.98. The van der Waals surface area contributed by atoms with Crippen molar-refractivity contribution in [1.29, 1.82) is 0 Å². The minimum atomic E-state index is -4.42. The summed E-state index contributed by atoms with van der Waals surface area (Å²) in [5.41, 5.74) is -0.310. The van der Waals surface area contributed by atoms with Gasteiger partial charge in [0.15, 0.2) is 0 Å². The number of fused-ring (bicyclic) bond motifs is 1. The largest absolute Gasteiger partial charge is 0.416 e. The van der Waals surface area contributed by atoms with Gasteiger partial charge in [0.2, 0.25) is 5.95 Å². The van der Waals surface area contributed by atoms with Crippen molar-refractivity contribution in [1.82, 2.24) is 19.9 Å². The van der Waals surface area contributed by atoms with Gasteiger partial charge in [0.1, 0.15) is 11.2 Å². The van der Waals surface area contributed by atoms with E-state index in [2.05, 4.69) is 44.3 Å². The summed E-state index contributed by atoms with van der Waals surface area (Å²) in [5.74, 6) is 0.593. The van der Waals surface area contributed by atoms with Gasteiger partial charge in [0.25, 0.3) is 5.56 Å². The molecule has 164 valence electrons. The van der Waals surface area contributed by atoms with Crippen molar-refractivity contribution in [3.63, 3.8) is 0 Å². The molecule has 3 heterocycles. The summed E-state index contributed by atoms with van der Waals surface area (Å²) in [6, 6.07) is 6.84. The predicted molar refractivity (Wildman–Crippen MR) is 114 cm³/mol. The third-order valence-corrected chi connectivity index (χ3v) is 5.38. The Kier molecular flexibility index (Phi) is 5.57. The molecule has 0 unspecified atom stereocenters. The molecule has 1 aliphatic rings. The Morgan fingerprint density at radius 2 is 1.90 bits per heavy atom. The molecule has 1 aromatic carbocycles. The van der Waals surface area contributed by atoms with Crippen LogP contribution in [0, 0.1) is 0 Å². The number of alkyl halides is 3. The van der Waals surface area contributed by atoms with E-state index < -0.39 is 11.7 Å². The van der Waals surface area contributed by atoms with E-state index in [-0.39, 0.29) is 22.8 Å². The zero-order valence-electron chi connectivity index (χ0n) is 17.1. The van der Waals surface area contributed by atoms with Gasteiger partial charge in [-0.2, -0.15) is 18.2 Å². The molecule has 0 spiro atoms. The van der Waals surface area contributed by atoms with Gasteiger partial charge in [-0.3, -0.25) is 9.69 Å². The van der Waals surface area contributed by atoms with Gasteiger partial charge in [0, 0.05) is 37.1 Å². The highest BCUT2D eigenvalue weighted by molar-refractivity contribution is 5.90. The first-order valence-electron chi connectivity index (χ1n) is 10.0. The summed E-state index contributed by atoms with van der Waals surface area (Å²) in [6.45, 7) is 6.12. The second-order valence-electron chi connectivity index (χ2n) is 7.88. The molecule has 1 atom stereocenters. The highest BCUT2D eigenvalue weighted by Crippen LogP contribution is 2.31. The smallest absolute Gasteiger partial charge is 0.350 e. The van der Waals surface area contributed by atoms with Crippen molar-refractivity contribution in [2.45, 2.75) is 38.5 Å². The quantitative estimate of drug-likeness (QED) is 0.566. The van der Waals surface area contributed by atoms with Crippen LogP contribution in [-0.4, -0.2) is 45.0 Å². The number of anilines is 3. The summed E-state index contributed by atoms with van der Waals surface area (Å²) in [7, 11) is 0. The van der Waals surface area contributed by atoms with Crippen molar-refractivity contribution < 1.29 is 13.2 Å². The molecule has 7 nitrogen and oxygen atoms in total. The molecule has 4 rings (SSSR count). The Balaban J connectivity index is 1.64. The summed E-state index contributed by atoms with van der Waals surface area (Å²) >= 11 is 0. The van der Waals surface area contributed by atoms with Crippen molar-refractivity contribution in [3.05, 3.63) is 52.4 Å². The van der Waals surface area contributed by atoms with Crippen LogP contribution in [0.15, 0.2) is 41.3 Å². The lowest BCUT2D eigenvalue weighted by molar-refractivity contribution is -0.137. The van der Waals surface area contributed by atoms with Gasteiger partial charge in [-0.1, -0.05) is 0 Å². The summed E-state index contributed by atoms with van der Waals surface area (Å²) in [5, 5.41) is 6.54. The standard InChI is InChI=1S/C21H23F3N6O/c1-12(2)30-10-8-15(11-30)27-20-28-16-7-9-25-19(31)17(16)18(29-20)26-14-5-3-13(4-6-14)21(22,23)24/h3-7,9,12,15H,8,10-11H2,1-2H3,(H,25,31)(H2,26,27,28,29)/t15-/m1/s1. The van der Waals surface area contributed by atoms with E-state index in [1.54, 1.807) is 6.07 Å². The van der Waals surface area contributed by atoms with Crippen molar-refractivity contribution in [2.75, 3.05) is 23.7 Å². The normalized spacial score (nSPS) is 17.4. The average Bonchev–Trinajstić information content (AvgIpc) is 3.16. The first-order valence-corrected chi connectivity index (χ1v) is 10.0. The van der Waals surface area contributed by atoms with E-state index in [0.29, 0.717) is 23.2 Å². The molecule has 0 bridgehead atoms. The molecular formula is C21H23F3N6O. The number of likely N-dealkylation sites (tertiary alicyclic amines) is 1. The van der Waals surface area contributed by atoms with E-state index in [0.717, 1.165) is 31.6 Å². The van der Waals surface area contributed by atoms with Gasteiger partial charge in [0.05, 0.1) is 11.1 Å². The van der Waals surface area contributed by atoms with Crippen molar-refractivity contribution >= 4 is 28.4 Å². The minimum Gasteiger partial charge on any atom is -0.350 e. The number of halogens is 3. The summed E-state index contributed by atoms with van der Waals surface area (Å²) in [6.07, 6.45) is -1.98. The molecule has 3 N–H and O–H groups in total. The zero-order valence-corrected chi connectivity index (χ0v) is 17.1. The lowest BCUT2D eigenvalue weighted by Crippen LogP contribution is -2.31. The number of pyridine rings is 1. The van der Waals surface area contributed by atoms with Crippen LogP contribution < -0.4 is 16.2 Å². The molecule has 31 heavy (non-hydrogen) atoms. The maximum Gasteiger partial charge on any atom is 0.416 e. The number of H-pyrrole nitrogens is 1. The lowest BCUT2D eigenvalue weighted by Gasteiger charge is -2.20. The van der Waals surface area contributed by atoms with Gasteiger partial charge in [-0.25, -0.2) is 4.98 Å². The Morgan fingerprint density at radius 1 is 1.16 bits per heavy atom. The molecule has 1 fully saturated rings. The summed E-state index contributed by atoms with van der Waals surface area (Å²) in [4.78, 5) is 26.3. The molecule has 1 saturated heterocycles. The van der Waals surface area contributed by atoms with Crippen LogP contribution in [0.3, 0.4) is 0 Å². The first kappa shape index (κ1) is 21.1. The average molecular weight is 432 g/mol. The van der Waals surface area contributed by atoms with E-state index in [4.69, 9.17) is 0 Å². The van der Waals surface area contributed by atoms with Crippen LogP contribution in [0.4, 0.5) is 30.6 Å². The molecule has 10 heteroatoms. The van der Waals surface area contributed by atoms with Crippen LogP contribution in [0.25, 0.3) is 10.9 Å². The maximum atomic E-state index is 12.8. The monoisotopic (exact) mass is 432 g/mol. The van der Waals surface area contributed by atoms with Crippen LogP contribution in [0.2, 0.25) is 0 Å². The summed E-state index contributed by atoms with van der Waals surface area (Å²) < 4.78 is 38.5. The number of nitrogens with zero attached hydrogens (tertiary/aromatic N) is 3. The Morgan fingerprint density at radius 3 is 2.55 bits per heavy atom. The van der Waals surface area contributed by atoms with E-state index in [9.17, 15) is 18.0 Å². The zero-order chi connectivity index (χ0) is 22.2. The van der Waals surface area contributed by atoms with Gasteiger partial charge >= 0.3 is 6.18 Å². The first-order chi connectivity index (χ1) is 14.7. The third-order valence-electron chi connectivity index (χ3n) is 5.38. The molecule has 0 amide bonds. The molecule has 0 saturated carbocycles. The number of rotatable bonds is 5. The molecule has 2 aromatic heterocycles. The fourth-order valence-corrected chi connectivity index (χ4v) is 3.68. The lowest BCUT2D eigenvalue weighted by atomic mass is 10.2. The number of aromatic amines is 1.